The summed E-state index contributed by atoms with van der Waals surface area (Å²) in [5, 5.41) is 10.1. The van der Waals surface area contributed by atoms with Gasteiger partial charge in [-0.05, 0) is 63.4 Å². The van der Waals surface area contributed by atoms with Crippen molar-refractivity contribution in [3.63, 3.8) is 0 Å². The largest absolute Gasteiger partial charge is 0.490 e. The molecule has 1 aliphatic rings. The minimum Gasteiger partial charge on any atom is -0.490 e. The van der Waals surface area contributed by atoms with Gasteiger partial charge in [-0.25, -0.2) is 21.8 Å². The zero-order chi connectivity index (χ0) is 34.4. The first-order chi connectivity index (χ1) is 22.2. The SMILES string of the molecule is C[C@@H]1CN([C@@H](C)CO)C(=O)c2cc(NS(=O)(=O)c3ccccc3)ccc2O[C@@H](C)CCCCO[C@H]1CN(C)S(=O)(=O)c1cn(C)cn1. The van der Waals surface area contributed by atoms with E-state index in [1.807, 2.05) is 13.8 Å². The van der Waals surface area contributed by atoms with Gasteiger partial charge in [0.15, 0.2) is 5.03 Å². The average Bonchev–Trinajstić information content (AvgIpc) is 3.49. The first-order valence-electron chi connectivity index (χ1n) is 15.6. The highest BCUT2D eigenvalue weighted by Gasteiger charge is 2.33. The van der Waals surface area contributed by atoms with E-state index in [0.29, 0.717) is 25.2 Å². The Labute approximate surface area is 277 Å². The molecule has 4 rings (SSSR count). The van der Waals surface area contributed by atoms with Gasteiger partial charge in [-0.2, -0.15) is 4.31 Å². The van der Waals surface area contributed by atoms with Gasteiger partial charge in [-0.15, -0.1) is 0 Å². The number of nitrogens with zero attached hydrogens (tertiary/aromatic N) is 4. The number of imidazole rings is 1. The smallest absolute Gasteiger partial charge is 0.261 e. The number of aryl methyl sites for hydroxylation is 1. The molecule has 1 amide bonds. The van der Waals surface area contributed by atoms with Gasteiger partial charge in [-0.1, -0.05) is 25.1 Å². The molecule has 3 aromatic rings. The molecular weight excluding hydrogens is 647 g/mol. The van der Waals surface area contributed by atoms with Crippen LogP contribution in [0.5, 0.6) is 5.75 Å². The summed E-state index contributed by atoms with van der Waals surface area (Å²) < 4.78 is 70.6. The van der Waals surface area contributed by atoms with Crippen molar-refractivity contribution in [2.45, 2.75) is 68.2 Å². The Hall–Kier alpha value is -3.50. The Morgan fingerprint density at radius 3 is 2.49 bits per heavy atom. The van der Waals surface area contributed by atoms with E-state index in [-0.39, 0.29) is 52.9 Å². The Morgan fingerprint density at radius 1 is 1.11 bits per heavy atom. The molecule has 0 bridgehead atoms. The van der Waals surface area contributed by atoms with E-state index in [2.05, 4.69) is 9.71 Å². The number of aliphatic hydroxyl groups excluding tert-OH is 1. The van der Waals surface area contributed by atoms with Crippen molar-refractivity contribution >= 4 is 31.6 Å². The van der Waals surface area contributed by atoms with Crippen molar-refractivity contribution < 1.29 is 36.2 Å². The molecule has 4 atom stereocenters. The number of benzene rings is 2. The van der Waals surface area contributed by atoms with Crippen LogP contribution in [0.15, 0.2) is 71.0 Å². The lowest BCUT2D eigenvalue weighted by atomic mass is 10.0. The summed E-state index contributed by atoms with van der Waals surface area (Å²) >= 11 is 0. The predicted octanol–water partition coefficient (Wildman–Crippen LogP) is 3.34. The number of hydrogen-bond acceptors (Lipinski definition) is 9. The molecule has 1 aromatic heterocycles. The number of sulfonamides is 2. The fourth-order valence-electron chi connectivity index (χ4n) is 5.30. The molecule has 0 saturated heterocycles. The van der Waals surface area contributed by atoms with Gasteiger partial charge in [0, 0.05) is 51.6 Å². The highest BCUT2D eigenvalue weighted by atomic mass is 32.2. The van der Waals surface area contributed by atoms with Crippen molar-refractivity contribution in [2.24, 2.45) is 13.0 Å². The van der Waals surface area contributed by atoms with Crippen LogP contribution in [0, 0.1) is 5.92 Å². The van der Waals surface area contributed by atoms with Crippen molar-refractivity contribution in [1.82, 2.24) is 18.8 Å². The van der Waals surface area contributed by atoms with E-state index < -0.39 is 38.1 Å². The lowest BCUT2D eigenvalue weighted by molar-refractivity contribution is -0.00835. The number of nitrogens with one attached hydrogen (secondary N) is 1. The van der Waals surface area contributed by atoms with Crippen LogP contribution in [0.3, 0.4) is 0 Å². The van der Waals surface area contributed by atoms with Gasteiger partial charge in [0.25, 0.3) is 26.0 Å². The molecule has 2 N–H and O–H groups in total. The maximum absolute atomic E-state index is 14.3. The van der Waals surface area contributed by atoms with Crippen LogP contribution < -0.4 is 9.46 Å². The Morgan fingerprint density at radius 2 is 1.83 bits per heavy atom. The fraction of sp³-hybridized carbons (Fsp3) is 0.500. The summed E-state index contributed by atoms with van der Waals surface area (Å²) in [6, 6.07) is 11.8. The minimum atomic E-state index is -3.94. The number of carbonyl (C=O) groups is 1. The zero-order valence-electron chi connectivity index (χ0n) is 27.4. The molecule has 0 radical (unpaired) electrons. The number of carbonyl (C=O) groups excluding carboxylic acids is 1. The van der Waals surface area contributed by atoms with Crippen LogP contribution in [-0.2, 0) is 31.8 Å². The number of ether oxygens (including phenoxy) is 2. The second-order valence-electron chi connectivity index (χ2n) is 12.1. The standard InChI is InChI=1S/C32H45N5O8S2/c1-23-18-37(24(2)21-38)32(39)28-17-26(34-46(40,41)27-12-7-6-8-13-27)14-15-29(28)45-25(3)11-9-10-16-44-30(23)19-36(5)47(42,43)31-20-35(4)22-33-31/h6-8,12-15,17,20,22-25,30,34,38H,9-11,16,18-19,21H2,1-5H3/t23-,24+,25+,30+/m1/s1. The average molecular weight is 692 g/mol. The third kappa shape index (κ3) is 9.11. The summed E-state index contributed by atoms with van der Waals surface area (Å²) in [6.45, 7) is 5.62. The van der Waals surface area contributed by atoms with Crippen molar-refractivity contribution in [1.29, 1.82) is 0 Å². The van der Waals surface area contributed by atoms with E-state index in [1.54, 1.807) is 48.9 Å². The van der Waals surface area contributed by atoms with Crippen molar-refractivity contribution in [2.75, 3.05) is 38.1 Å². The molecule has 0 aliphatic carbocycles. The number of rotatable bonds is 9. The Bertz CT molecular complexity index is 1720. The summed E-state index contributed by atoms with van der Waals surface area (Å²) in [5.41, 5.74) is 0.299. The molecule has 258 valence electrons. The highest BCUT2D eigenvalue weighted by molar-refractivity contribution is 7.92. The van der Waals surface area contributed by atoms with Crippen molar-refractivity contribution in [3.8, 4) is 5.75 Å². The van der Waals surface area contributed by atoms with Gasteiger partial charge < -0.3 is 24.0 Å². The van der Waals surface area contributed by atoms with Crippen LogP contribution in [0.2, 0.25) is 0 Å². The molecule has 2 aromatic carbocycles. The number of amides is 1. The number of anilines is 1. The molecule has 0 fully saturated rings. The summed E-state index contributed by atoms with van der Waals surface area (Å²) in [4.78, 5) is 19.9. The maximum atomic E-state index is 14.3. The first kappa shape index (κ1) is 36.3. The maximum Gasteiger partial charge on any atom is 0.261 e. The molecule has 13 nitrogen and oxygen atoms in total. The zero-order valence-corrected chi connectivity index (χ0v) is 29.1. The molecule has 0 unspecified atom stereocenters. The van der Waals surface area contributed by atoms with Gasteiger partial charge in [-0.3, -0.25) is 9.52 Å². The topological polar surface area (TPSA) is 160 Å². The third-order valence-electron chi connectivity index (χ3n) is 8.15. The molecule has 47 heavy (non-hydrogen) atoms. The summed E-state index contributed by atoms with van der Waals surface area (Å²) in [5.74, 6) is -0.564. The molecule has 1 aliphatic heterocycles. The third-order valence-corrected chi connectivity index (χ3v) is 11.3. The van der Waals surface area contributed by atoms with Crippen LogP contribution in [-0.4, -0.2) is 98.2 Å². The van der Waals surface area contributed by atoms with Crippen LogP contribution in [0.25, 0.3) is 0 Å². The quantitative estimate of drug-likeness (QED) is 0.343. The predicted molar refractivity (Wildman–Crippen MR) is 177 cm³/mol. The van der Waals surface area contributed by atoms with Gasteiger partial charge >= 0.3 is 0 Å². The number of likely N-dealkylation sites (N-methyl/N-ethyl adjacent to an activating group) is 1. The normalized spacial score (nSPS) is 21.0. The van der Waals surface area contributed by atoms with Crippen LogP contribution >= 0.6 is 0 Å². The number of aromatic nitrogens is 2. The molecule has 15 heteroatoms. The number of hydrogen-bond donors (Lipinski definition) is 2. The number of aliphatic hydroxyl groups is 1. The van der Waals surface area contributed by atoms with Gasteiger partial charge in [0.1, 0.15) is 5.75 Å². The molecule has 0 saturated carbocycles. The Kier molecular flexibility index (Phi) is 12.1. The van der Waals surface area contributed by atoms with Gasteiger partial charge in [0.05, 0.1) is 41.6 Å². The Balaban J connectivity index is 1.68. The van der Waals surface area contributed by atoms with E-state index in [9.17, 15) is 26.7 Å². The first-order valence-corrected chi connectivity index (χ1v) is 18.5. The summed E-state index contributed by atoms with van der Waals surface area (Å²) in [7, 11) is -4.69. The van der Waals surface area contributed by atoms with E-state index >= 15 is 0 Å². The van der Waals surface area contributed by atoms with Crippen LogP contribution in [0.4, 0.5) is 5.69 Å². The van der Waals surface area contributed by atoms with E-state index in [4.69, 9.17) is 9.47 Å². The molecular formula is C32H45N5O8S2. The number of fused-ring (bicyclic) bond motifs is 1. The van der Waals surface area contributed by atoms with Gasteiger partial charge in [0.2, 0.25) is 0 Å². The van der Waals surface area contributed by atoms with E-state index in [1.165, 1.54) is 47.0 Å². The lowest BCUT2D eigenvalue weighted by Crippen LogP contribution is -2.48. The van der Waals surface area contributed by atoms with E-state index in [0.717, 1.165) is 6.42 Å². The van der Waals surface area contributed by atoms with Crippen LogP contribution in [0.1, 0.15) is 50.4 Å². The lowest BCUT2D eigenvalue weighted by Gasteiger charge is -2.35. The fourth-order valence-corrected chi connectivity index (χ4v) is 7.51. The minimum absolute atomic E-state index is 0.0110. The second kappa shape index (κ2) is 15.6. The molecule has 2 heterocycles. The second-order valence-corrected chi connectivity index (χ2v) is 15.8. The summed E-state index contributed by atoms with van der Waals surface area (Å²) in [6.07, 6.45) is 4.10. The monoisotopic (exact) mass is 691 g/mol. The highest BCUT2D eigenvalue weighted by Crippen LogP contribution is 2.30. The molecule has 0 spiro atoms. The van der Waals surface area contributed by atoms with Crippen molar-refractivity contribution in [3.05, 3.63) is 66.6 Å².